The molecule has 0 aliphatic heterocycles. The number of hydrogen-bond donors (Lipinski definition) is 2. The molecule has 0 aromatic heterocycles. The normalized spacial score (nSPS) is 10.3. The van der Waals surface area contributed by atoms with E-state index in [0.717, 1.165) is 0 Å². The summed E-state index contributed by atoms with van der Waals surface area (Å²) < 4.78 is 5.31. The molecule has 0 radical (unpaired) electrons. The van der Waals surface area contributed by atoms with Crippen LogP contribution in [-0.4, -0.2) is 24.6 Å². The Balaban J connectivity index is 0.00000256. The van der Waals surface area contributed by atoms with Crippen LogP contribution in [0.4, 0.5) is 0 Å². The number of halogens is 1. The molecular weight excluding hydrogens is 240 g/mol. The first-order valence-corrected chi connectivity index (χ1v) is 5.22. The van der Waals surface area contributed by atoms with E-state index >= 15 is 0 Å². The summed E-state index contributed by atoms with van der Waals surface area (Å²) >= 11 is 0. The molecule has 3 N–H and O–H groups in total. The molecule has 1 rings (SSSR count). The quantitative estimate of drug-likeness (QED) is 0.838. The average molecular weight is 259 g/mol. The van der Waals surface area contributed by atoms with E-state index in [1.165, 1.54) is 0 Å². The number of carbonyl (C=O) groups excluding carboxylic acids is 1. The number of rotatable bonds is 5. The van der Waals surface area contributed by atoms with Gasteiger partial charge >= 0.3 is 0 Å². The molecule has 96 valence electrons. The zero-order valence-corrected chi connectivity index (χ0v) is 10.9. The van der Waals surface area contributed by atoms with Crippen molar-refractivity contribution >= 4 is 18.3 Å². The third kappa shape index (κ3) is 6.14. The average Bonchev–Trinajstić information content (AvgIpc) is 2.27. The van der Waals surface area contributed by atoms with E-state index in [-0.39, 0.29) is 24.9 Å². The predicted octanol–water partition coefficient (Wildman–Crippen LogP) is 1.34. The minimum atomic E-state index is -0.392. The van der Waals surface area contributed by atoms with E-state index in [2.05, 4.69) is 5.32 Å². The molecule has 1 aromatic rings. The highest BCUT2D eigenvalue weighted by Crippen LogP contribution is 2.08. The molecule has 0 spiro atoms. The van der Waals surface area contributed by atoms with Crippen LogP contribution < -0.4 is 15.8 Å². The van der Waals surface area contributed by atoms with E-state index in [4.69, 9.17) is 10.5 Å². The lowest BCUT2D eigenvalue weighted by molar-refractivity contribution is -0.124. The minimum Gasteiger partial charge on any atom is -0.484 e. The molecule has 0 aliphatic rings. The number of nitrogens with two attached hydrogens (primary N) is 1. The van der Waals surface area contributed by atoms with Crippen molar-refractivity contribution in [3.05, 3.63) is 30.3 Å². The monoisotopic (exact) mass is 258 g/mol. The lowest BCUT2D eigenvalue weighted by Gasteiger charge is -2.24. The Morgan fingerprint density at radius 1 is 1.35 bits per heavy atom. The van der Waals surface area contributed by atoms with Crippen molar-refractivity contribution in [1.82, 2.24) is 5.32 Å². The molecule has 0 bridgehead atoms. The van der Waals surface area contributed by atoms with E-state index < -0.39 is 5.54 Å². The van der Waals surface area contributed by atoms with Gasteiger partial charge in [-0.2, -0.15) is 0 Å². The largest absolute Gasteiger partial charge is 0.484 e. The van der Waals surface area contributed by atoms with Crippen molar-refractivity contribution in [2.24, 2.45) is 5.73 Å². The molecule has 5 heteroatoms. The second-order valence-electron chi connectivity index (χ2n) is 4.24. The first kappa shape index (κ1) is 15.7. The number of hydrogen-bond acceptors (Lipinski definition) is 3. The smallest absolute Gasteiger partial charge is 0.258 e. The fourth-order valence-corrected chi connectivity index (χ4v) is 1.13. The number of ether oxygens (including phenoxy) is 1. The van der Waals surface area contributed by atoms with Crippen molar-refractivity contribution in [2.45, 2.75) is 19.4 Å². The highest BCUT2D eigenvalue weighted by molar-refractivity contribution is 5.85. The maximum atomic E-state index is 11.5. The fourth-order valence-electron chi connectivity index (χ4n) is 1.13. The van der Waals surface area contributed by atoms with Crippen LogP contribution in [0.25, 0.3) is 0 Å². The minimum absolute atomic E-state index is 0. The summed E-state index contributed by atoms with van der Waals surface area (Å²) in [4.78, 5) is 11.5. The van der Waals surface area contributed by atoms with Gasteiger partial charge in [0.15, 0.2) is 6.61 Å². The van der Waals surface area contributed by atoms with E-state index in [9.17, 15) is 4.79 Å². The zero-order valence-electron chi connectivity index (χ0n) is 10.1. The fraction of sp³-hybridized carbons (Fsp3) is 0.417. The maximum absolute atomic E-state index is 11.5. The lowest BCUT2D eigenvalue weighted by atomic mass is 10.1. The molecule has 1 amide bonds. The number of para-hydroxylation sites is 1. The van der Waals surface area contributed by atoms with Crippen molar-refractivity contribution in [1.29, 1.82) is 0 Å². The van der Waals surface area contributed by atoms with E-state index in [1.54, 1.807) is 12.1 Å². The van der Waals surface area contributed by atoms with Gasteiger partial charge in [0.05, 0.1) is 0 Å². The van der Waals surface area contributed by atoms with Crippen LogP contribution in [0.3, 0.4) is 0 Å². The molecule has 0 saturated heterocycles. The second-order valence-corrected chi connectivity index (χ2v) is 4.24. The van der Waals surface area contributed by atoms with Crippen LogP contribution in [0.5, 0.6) is 5.75 Å². The molecule has 0 fully saturated rings. The third-order valence-corrected chi connectivity index (χ3v) is 2.10. The molecule has 0 unspecified atom stereocenters. The van der Waals surface area contributed by atoms with Gasteiger partial charge in [-0.1, -0.05) is 18.2 Å². The Kier molecular flexibility index (Phi) is 6.61. The number of amides is 1. The van der Waals surface area contributed by atoms with Gasteiger partial charge in [-0.05, 0) is 26.0 Å². The zero-order chi connectivity index (χ0) is 12.0. The summed E-state index contributed by atoms with van der Waals surface area (Å²) in [6.45, 7) is 4.14. The molecule has 0 aliphatic carbocycles. The Bertz CT molecular complexity index is 342. The Morgan fingerprint density at radius 3 is 2.47 bits per heavy atom. The Hall–Kier alpha value is -1.26. The molecule has 17 heavy (non-hydrogen) atoms. The van der Waals surface area contributed by atoms with Gasteiger partial charge in [0, 0.05) is 12.1 Å². The summed E-state index contributed by atoms with van der Waals surface area (Å²) in [7, 11) is 0. The molecular formula is C12H19ClN2O2. The molecule has 0 saturated carbocycles. The van der Waals surface area contributed by atoms with Gasteiger partial charge in [0.2, 0.25) is 0 Å². The third-order valence-electron chi connectivity index (χ3n) is 2.10. The van der Waals surface area contributed by atoms with Gasteiger partial charge in [-0.3, -0.25) is 4.79 Å². The Labute approximate surface area is 108 Å². The summed E-state index contributed by atoms with van der Waals surface area (Å²) in [5.41, 5.74) is 5.11. The summed E-state index contributed by atoms with van der Waals surface area (Å²) in [5.74, 6) is 0.516. The summed E-state index contributed by atoms with van der Waals surface area (Å²) in [6.07, 6.45) is 0. The molecule has 4 nitrogen and oxygen atoms in total. The van der Waals surface area contributed by atoms with Crippen molar-refractivity contribution < 1.29 is 9.53 Å². The first-order valence-electron chi connectivity index (χ1n) is 5.22. The van der Waals surface area contributed by atoms with Gasteiger partial charge in [0.1, 0.15) is 5.75 Å². The van der Waals surface area contributed by atoms with Gasteiger partial charge in [-0.15, -0.1) is 12.4 Å². The van der Waals surface area contributed by atoms with Crippen LogP contribution in [0, 0.1) is 0 Å². The van der Waals surface area contributed by atoms with Gasteiger partial charge in [-0.25, -0.2) is 0 Å². The SMILES string of the molecule is CC(C)(CN)NC(=O)COc1ccccc1.Cl. The Morgan fingerprint density at radius 2 is 1.94 bits per heavy atom. The van der Waals surface area contributed by atoms with Crippen LogP contribution in [0.15, 0.2) is 30.3 Å². The molecule has 1 aromatic carbocycles. The highest BCUT2D eigenvalue weighted by atomic mass is 35.5. The van der Waals surface area contributed by atoms with Crippen LogP contribution in [0.2, 0.25) is 0 Å². The highest BCUT2D eigenvalue weighted by Gasteiger charge is 2.18. The van der Waals surface area contributed by atoms with Gasteiger partial charge in [0.25, 0.3) is 5.91 Å². The molecule has 0 atom stereocenters. The van der Waals surface area contributed by atoms with Gasteiger partial charge < -0.3 is 15.8 Å². The van der Waals surface area contributed by atoms with Crippen LogP contribution in [-0.2, 0) is 4.79 Å². The predicted molar refractivity (Wildman–Crippen MR) is 70.5 cm³/mol. The van der Waals surface area contributed by atoms with E-state index in [0.29, 0.717) is 12.3 Å². The molecule has 0 heterocycles. The van der Waals surface area contributed by atoms with Crippen molar-refractivity contribution in [2.75, 3.05) is 13.2 Å². The second kappa shape index (κ2) is 7.14. The van der Waals surface area contributed by atoms with Crippen molar-refractivity contribution in [3.8, 4) is 5.75 Å². The summed E-state index contributed by atoms with van der Waals surface area (Å²) in [6, 6.07) is 9.22. The van der Waals surface area contributed by atoms with Crippen molar-refractivity contribution in [3.63, 3.8) is 0 Å². The summed E-state index contributed by atoms with van der Waals surface area (Å²) in [5, 5.41) is 2.79. The number of nitrogens with one attached hydrogen (secondary N) is 1. The number of carbonyl (C=O) groups is 1. The lowest BCUT2D eigenvalue weighted by Crippen LogP contribution is -2.50. The maximum Gasteiger partial charge on any atom is 0.258 e. The van der Waals surface area contributed by atoms with E-state index in [1.807, 2.05) is 32.0 Å². The van der Waals surface area contributed by atoms with Crippen LogP contribution in [0.1, 0.15) is 13.8 Å². The topological polar surface area (TPSA) is 64.3 Å². The first-order chi connectivity index (χ1) is 7.53. The van der Waals surface area contributed by atoms with Crippen LogP contribution >= 0.6 is 12.4 Å². The number of benzene rings is 1. The standard InChI is InChI=1S/C12H18N2O2.ClH/c1-12(2,9-13)14-11(15)8-16-10-6-4-3-5-7-10;/h3-7H,8-9,13H2,1-2H3,(H,14,15);1H.